The smallest absolute Gasteiger partial charge is 0.376 e. The van der Waals surface area contributed by atoms with Gasteiger partial charge in [0.2, 0.25) is 0 Å². The minimum atomic E-state index is -0.288. The van der Waals surface area contributed by atoms with Gasteiger partial charge in [-0.15, -0.1) is 11.3 Å². The van der Waals surface area contributed by atoms with Gasteiger partial charge >= 0.3 is 6.85 Å². The number of furan rings is 2. The van der Waals surface area contributed by atoms with Gasteiger partial charge in [0.15, 0.2) is 0 Å². The van der Waals surface area contributed by atoms with Gasteiger partial charge in [0.05, 0.1) is 16.7 Å². The minimum absolute atomic E-state index is 0.000201. The zero-order valence-corrected chi connectivity index (χ0v) is 43.8. The molecule has 0 unspecified atom stereocenters. The van der Waals surface area contributed by atoms with Crippen LogP contribution in [0.15, 0.2) is 118 Å². The summed E-state index contributed by atoms with van der Waals surface area (Å²) in [6.07, 6.45) is 2.32. The maximum Gasteiger partial charge on any atom is 0.376 e. The molecule has 6 heteroatoms. The Bertz CT molecular complexity index is 4130. The summed E-state index contributed by atoms with van der Waals surface area (Å²) >= 11 is 1.95. The standard InChI is InChI=1S/C64H61BN2O2S/c1-60(2,3)34-18-22-37(23-19-34)67-47-33-50-39(40-31-44-45(32-49(40)68-50)64(12,13)27-26-63(44,10)11)30-42(47)52-53-38-16-14-15-17-51(38)70-58(53)54-41-28-35(61(4,5)6)20-24-46(41)66-56-43-29-36(62(7,8)9)21-25-48(43)69-59(56)65(67)55(52)57(54)66/h14-25,28-33H,26-27H2,1-13H3. The number of hydrogen-bond acceptors (Lipinski definition) is 4. The number of nitrogens with zero attached hydrogens (tertiary/aromatic N) is 2. The van der Waals surface area contributed by atoms with E-state index >= 15 is 0 Å². The zero-order chi connectivity index (χ0) is 48.5. The third kappa shape index (κ3) is 5.60. The predicted octanol–water partition coefficient (Wildman–Crippen LogP) is 17.3. The van der Waals surface area contributed by atoms with E-state index in [9.17, 15) is 0 Å². The lowest BCUT2D eigenvalue weighted by Gasteiger charge is -2.41. The van der Waals surface area contributed by atoms with Crippen LogP contribution in [0.1, 0.15) is 131 Å². The topological polar surface area (TPSA) is 34.5 Å². The zero-order valence-electron chi connectivity index (χ0n) is 43.0. The molecule has 0 fully saturated rings. The summed E-state index contributed by atoms with van der Waals surface area (Å²) in [6, 6.07) is 42.5. The molecule has 0 saturated carbocycles. The molecule has 3 aliphatic rings. The van der Waals surface area contributed by atoms with Crippen molar-refractivity contribution in [2.24, 2.45) is 0 Å². The van der Waals surface area contributed by atoms with Crippen LogP contribution in [-0.4, -0.2) is 11.4 Å². The van der Waals surface area contributed by atoms with Gasteiger partial charge in [0.25, 0.3) is 0 Å². The fourth-order valence-corrected chi connectivity index (χ4v) is 14.2. The summed E-state index contributed by atoms with van der Waals surface area (Å²) in [5, 5.41) is 8.79. The summed E-state index contributed by atoms with van der Waals surface area (Å²) in [7, 11) is 0. The number of benzene rings is 7. The van der Waals surface area contributed by atoms with E-state index in [1.165, 1.54) is 97.2 Å². The fourth-order valence-electron chi connectivity index (χ4n) is 12.9. The number of rotatable bonds is 1. The third-order valence-electron chi connectivity index (χ3n) is 17.1. The number of thiophene rings is 1. The SMILES string of the molecule is CC(C)(C)c1ccc(N2B3c4oc5ccc(C(C)(C)C)cc5c4-n4c5ccc(C(C)(C)C)cc5c5c6sc7ccccc7c6c(c3c54)-c3cc4c(cc32)oc2cc3c(cc24)C(C)(C)CCC3(C)C)cc1. The molecule has 4 nitrogen and oxygen atoms in total. The summed E-state index contributed by atoms with van der Waals surface area (Å²) < 4.78 is 19.9. The molecule has 2 aliphatic heterocycles. The first-order valence-electron chi connectivity index (χ1n) is 25.6. The van der Waals surface area contributed by atoms with E-state index in [1.807, 2.05) is 11.3 Å². The van der Waals surface area contributed by atoms with Crippen LogP contribution < -0.4 is 15.9 Å². The molecule has 14 rings (SSSR count). The molecule has 70 heavy (non-hydrogen) atoms. The fraction of sp³-hybridized carbons (Fsp3) is 0.312. The van der Waals surface area contributed by atoms with Gasteiger partial charge in [-0.05, 0) is 139 Å². The number of aromatic nitrogens is 1. The van der Waals surface area contributed by atoms with Crippen LogP contribution in [0.5, 0.6) is 0 Å². The highest BCUT2D eigenvalue weighted by atomic mass is 32.1. The number of anilines is 2. The lowest BCUT2D eigenvalue weighted by atomic mass is 9.46. The lowest BCUT2D eigenvalue weighted by Crippen LogP contribution is -2.60. The van der Waals surface area contributed by atoms with E-state index < -0.39 is 0 Å². The molecule has 0 saturated heterocycles. The Morgan fingerprint density at radius 1 is 0.557 bits per heavy atom. The molecule has 6 heterocycles. The molecule has 0 amide bonds. The Balaban J connectivity index is 1.21. The second-order valence-electron chi connectivity index (χ2n) is 25.6. The van der Waals surface area contributed by atoms with Gasteiger partial charge < -0.3 is 18.2 Å². The van der Waals surface area contributed by atoms with Gasteiger partial charge in [-0.1, -0.05) is 132 Å². The molecular formula is C64H61BN2O2S. The van der Waals surface area contributed by atoms with Gasteiger partial charge in [-0.3, -0.25) is 0 Å². The first-order chi connectivity index (χ1) is 33.1. The highest BCUT2D eigenvalue weighted by Gasteiger charge is 2.49. The highest BCUT2D eigenvalue weighted by Crippen LogP contribution is 2.56. The first kappa shape index (κ1) is 42.6. The van der Waals surface area contributed by atoms with Crippen molar-refractivity contribution in [3.8, 4) is 16.8 Å². The molecule has 11 aromatic rings. The molecule has 7 aromatic carbocycles. The molecule has 0 atom stereocenters. The van der Waals surface area contributed by atoms with Crippen molar-refractivity contribution in [1.82, 2.24) is 4.57 Å². The van der Waals surface area contributed by atoms with E-state index in [4.69, 9.17) is 8.83 Å². The summed E-state index contributed by atoms with van der Waals surface area (Å²) in [5.41, 5.74) is 20.4. The Kier molecular flexibility index (Phi) is 8.15. The van der Waals surface area contributed by atoms with Crippen LogP contribution >= 0.6 is 11.3 Å². The third-order valence-corrected chi connectivity index (χ3v) is 18.3. The normalized spacial score (nSPS) is 16.4. The molecule has 0 spiro atoms. The molecule has 348 valence electrons. The quantitative estimate of drug-likeness (QED) is 0.154. The summed E-state index contributed by atoms with van der Waals surface area (Å²) in [4.78, 5) is 2.61. The Labute approximate surface area is 415 Å². The van der Waals surface area contributed by atoms with Crippen LogP contribution in [0.3, 0.4) is 0 Å². The van der Waals surface area contributed by atoms with Crippen LogP contribution in [0.4, 0.5) is 11.4 Å². The van der Waals surface area contributed by atoms with Crippen molar-refractivity contribution in [3.05, 3.63) is 137 Å². The van der Waals surface area contributed by atoms with Gasteiger partial charge in [0.1, 0.15) is 22.4 Å². The predicted molar refractivity (Wildman–Crippen MR) is 301 cm³/mol. The molecule has 0 bridgehead atoms. The molecular weight excluding hydrogens is 872 g/mol. The van der Waals surface area contributed by atoms with Gasteiger partial charge in [-0.25, -0.2) is 0 Å². The molecule has 1 aliphatic carbocycles. The summed E-state index contributed by atoms with van der Waals surface area (Å²) in [5.74, 6) is 0. The van der Waals surface area contributed by atoms with Gasteiger partial charge in [0, 0.05) is 70.1 Å². The van der Waals surface area contributed by atoms with E-state index in [-0.39, 0.29) is 33.9 Å². The maximum atomic E-state index is 7.51. The lowest BCUT2D eigenvalue weighted by molar-refractivity contribution is 0.332. The first-order valence-corrected chi connectivity index (χ1v) is 26.4. The van der Waals surface area contributed by atoms with E-state index in [1.54, 1.807) is 0 Å². The van der Waals surface area contributed by atoms with Crippen LogP contribution in [0.2, 0.25) is 0 Å². The average molecular weight is 933 g/mol. The van der Waals surface area contributed by atoms with Crippen molar-refractivity contribution in [3.63, 3.8) is 0 Å². The van der Waals surface area contributed by atoms with Crippen LogP contribution in [-0.2, 0) is 27.1 Å². The Morgan fingerprint density at radius 2 is 1.17 bits per heavy atom. The Morgan fingerprint density at radius 3 is 1.87 bits per heavy atom. The second-order valence-corrected chi connectivity index (χ2v) is 26.7. The Hall–Kier alpha value is -6.24. The largest absolute Gasteiger partial charge is 0.466 e. The van der Waals surface area contributed by atoms with E-state index in [0.717, 1.165) is 57.7 Å². The van der Waals surface area contributed by atoms with Crippen molar-refractivity contribution >= 4 is 116 Å². The number of fused-ring (bicyclic) bond motifs is 19. The number of hydrogen-bond donors (Lipinski definition) is 0. The monoisotopic (exact) mass is 932 g/mol. The van der Waals surface area contributed by atoms with Crippen LogP contribution in [0.25, 0.3) is 91.7 Å². The second kappa shape index (κ2) is 13.4. The maximum absolute atomic E-state index is 7.51. The van der Waals surface area contributed by atoms with Gasteiger partial charge in [-0.2, -0.15) is 0 Å². The minimum Gasteiger partial charge on any atom is -0.466 e. The van der Waals surface area contributed by atoms with E-state index in [0.29, 0.717) is 0 Å². The summed E-state index contributed by atoms with van der Waals surface area (Å²) in [6.45, 7) is 30.3. The van der Waals surface area contributed by atoms with Crippen molar-refractivity contribution < 1.29 is 8.83 Å². The molecule has 0 radical (unpaired) electrons. The molecule has 4 aromatic heterocycles. The molecule has 0 N–H and O–H groups in total. The van der Waals surface area contributed by atoms with Crippen molar-refractivity contribution in [2.75, 3.05) is 4.81 Å². The van der Waals surface area contributed by atoms with Crippen LogP contribution in [0, 0.1) is 0 Å². The van der Waals surface area contributed by atoms with E-state index in [2.05, 4.69) is 209 Å². The highest BCUT2D eigenvalue weighted by molar-refractivity contribution is 7.27. The van der Waals surface area contributed by atoms with Crippen molar-refractivity contribution in [1.29, 1.82) is 0 Å². The average Bonchev–Trinajstić information content (AvgIpc) is 4.06. The van der Waals surface area contributed by atoms with Crippen molar-refractivity contribution in [2.45, 2.75) is 130 Å².